The largest absolute Gasteiger partial charge is 0.508 e. The van der Waals surface area contributed by atoms with Crippen molar-refractivity contribution in [2.75, 3.05) is 14.1 Å². The second-order valence-corrected chi connectivity index (χ2v) is 10.6. The normalized spacial score (nSPS) is 26.0. The zero-order valence-electron chi connectivity index (χ0n) is 21.6. The van der Waals surface area contributed by atoms with E-state index >= 15 is 0 Å². The number of aliphatic hydroxyl groups excluding tert-OH is 2. The maximum atomic E-state index is 13.9. The number of primary amides is 1. The van der Waals surface area contributed by atoms with Crippen molar-refractivity contribution in [2.45, 2.75) is 31.4 Å². The first-order chi connectivity index (χ1) is 18.4. The number of Topliss-reactive ketones (excluding diaryl/α,β-unsaturated/α-hetero) is 2. The molecule has 0 radical (unpaired) electrons. The lowest BCUT2D eigenvalue weighted by Crippen LogP contribution is -2.65. The number of phenolic OH excluding ortho intramolecular Hbond substituents is 1. The van der Waals surface area contributed by atoms with E-state index in [1.807, 2.05) is 31.2 Å². The summed E-state index contributed by atoms with van der Waals surface area (Å²) in [6.45, 7) is 1.97. The van der Waals surface area contributed by atoms with Crippen molar-refractivity contribution in [3.05, 3.63) is 81.1 Å². The lowest BCUT2D eigenvalue weighted by atomic mass is 9.57. The van der Waals surface area contributed by atoms with E-state index in [2.05, 4.69) is 11.8 Å². The van der Waals surface area contributed by atoms with Crippen LogP contribution in [0.15, 0.2) is 53.3 Å². The van der Waals surface area contributed by atoms with Gasteiger partial charge in [0.1, 0.15) is 22.8 Å². The van der Waals surface area contributed by atoms with Crippen LogP contribution in [0.5, 0.6) is 5.75 Å². The second kappa shape index (κ2) is 9.12. The lowest BCUT2D eigenvalue weighted by molar-refractivity contribution is -0.153. The minimum absolute atomic E-state index is 0.0157. The Morgan fingerprint density at radius 1 is 1.05 bits per heavy atom. The van der Waals surface area contributed by atoms with Crippen molar-refractivity contribution in [3.8, 4) is 17.6 Å². The average molecular weight is 529 g/mol. The summed E-state index contributed by atoms with van der Waals surface area (Å²) in [5, 5.41) is 44.5. The summed E-state index contributed by atoms with van der Waals surface area (Å²) >= 11 is 0. The molecule has 6 N–H and O–H groups in total. The third-order valence-electron chi connectivity index (χ3n) is 8.00. The van der Waals surface area contributed by atoms with E-state index in [4.69, 9.17) is 5.73 Å². The van der Waals surface area contributed by atoms with E-state index in [0.29, 0.717) is 11.1 Å². The van der Waals surface area contributed by atoms with E-state index in [1.54, 1.807) is 20.2 Å². The van der Waals surface area contributed by atoms with Gasteiger partial charge in [0.2, 0.25) is 5.78 Å². The molecule has 0 aromatic heterocycles. The van der Waals surface area contributed by atoms with Crippen LogP contribution in [0.2, 0.25) is 0 Å². The molecule has 3 aliphatic carbocycles. The zero-order valence-corrected chi connectivity index (χ0v) is 21.6. The number of likely N-dealkylation sites (N-methyl/N-ethyl adjacent to an activating group) is 1. The fourth-order valence-corrected chi connectivity index (χ4v) is 6.14. The number of hydrogen-bond acceptors (Lipinski definition) is 8. The average Bonchev–Trinajstić information content (AvgIpc) is 2.86. The van der Waals surface area contributed by atoms with Crippen molar-refractivity contribution < 1.29 is 34.8 Å². The predicted octanol–water partition coefficient (Wildman–Crippen LogP) is 1.67. The van der Waals surface area contributed by atoms with Gasteiger partial charge in [0.25, 0.3) is 5.91 Å². The molecule has 0 heterocycles. The number of ketones is 2. The number of amides is 1. The highest BCUT2D eigenvalue weighted by Gasteiger charge is 2.64. The Bertz CT molecular complexity index is 1570. The van der Waals surface area contributed by atoms with Crippen LogP contribution in [-0.2, 0) is 20.8 Å². The Balaban J connectivity index is 1.68. The molecule has 1 amide bonds. The number of aryl methyl sites for hydroxylation is 1. The number of fused-ring (bicyclic) bond motifs is 3. The van der Waals surface area contributed by atoms with Crippen molar-refractivity contribution >= 4 is 23.2 Å². The molecule has 2 aromatic rings. The summed E-state index contributed by atoms with van der Waals surface area (Å²) in [6.07, 6.45) is 0.201. The molecule has 3 aliphatic rings. The number of nitrogens with two attached hydrogens (primary N) is 1. The molecule has 4 atom stereocenters. The van der Waals surface area contributed by atoms with Gasteiger partial charge in [0.05, 0.1) is 11.6 Å². The van der Waals surface area contributed by atoms with Crippen LogP contribution in [-0.4, -0.2) is 68.5 Å². The van der Waals surface area contributed by atoms with Gasteiger partial charge in [-0.05, 0) is 69.6 Å². The van der Waals surface area contributed by atoms with Crippen LogP contribution in [0, 0.1) is 30.6 Å². The van der Waals surface area contributed by atoms with Crippen molar-refractivity contribution in [1.82, 2.24) is 4.90 Å². The second-order valence-electron chi connectivity index (χ2n) is 10.6. The van der Waals surface area contributed by atoms with Crippen LogP contribution in [0.1, 0.15) is 34.2 Å². The summed E-state index contributed by atoms with van der Waals surface area (Å²) in [5.41, 5.74) is 4.61. The number of aliphatic hydroxyl groups is 3. The van der Waals surface area contributed by atoms with E-state index in [9.17, 15) is 34.8 Å². The molecular weight excluding hydrogens is 500 g/mol. The number of hydrogen-bond donors (Lipinski definition) is 5. The van der Waals surface area contributed by atoms with Crippen molar-refractivity contribution in [1.29, 1.82) is 0 Å². The molecule has 0 bridgehead atoms. The molecule has 1 fully saturated rings. The number of aromatic hydroxyl groups is 1. The number of rotatable bonds is 2. The number of phenols is 1. The first-order valence-electron chi connectivity index (χ1n) is 12.5. The first kappa shape index (κ1) is 26.2. The topological polar surface area (TPSA) is 161 Å². The van der Waals surface area contributed by atoms with Crippen molar-refractivity contribution in [2.24, 2.45) is 17.6 Å². The number of nitrogens with zero attached hydrogens (tertiary/aromatic N) is 1. The van der Waals surface area contributed by atoms with E-state index in [1.165, 1.54) is 11.0 Å². The Labute approximate surface area is 224 Å². The highest BCUT2D eigenvalue weighted by atomic mass is 16.3. The molecule has 0 unspecified atom stereocenters. The molecule has 9 nitrogen and oxygen atoms in total. The predicted molar refractivity (Wildman–Crippen MR) is 141 cm³/mol. The van der Waals surface area contributed by atoms with Crippen LogP contribution in [0.4, 0.5) is 0 Å². The SMILES string of the molecule is Cc1ccc(C#Cc2ccc(O)c3c2C[C@@H]2C[C@@H]4[C@@H](N(C)C)C(=O)C(C(N)=O)=C(O)[C@]4(O)C(=O)C2=C3O)cc1. The third-order valence-corrected chi connectivity index (χ3v) is 8.00. The van der Waals surface area contributed by atoms with Crippen molar-refractivity contribution in [3.63, 3.8) is 0 Å². The molecule has 200 valence electrons. The number of carbonyl (C=O) groups excluding carboxylic acids is 3. The maximum Gasteiger partial charge on any atom is 0.255 e. The van der Waals surface area contributed by atoms with Crippen LogP contribution >= 0.6 is 0 Å². The lowest BCUT2D eigenvalue weighted by Gasteiger charge is -2.50. The monoisotopic (exact) mass is 528 g/mol. The van der Waals surface area contributed by atoms with Gasteiger partial charge in [-0.25, -0.2) is 0 Å². The fourth-order valence-electron chi connectivity index (χ4n) is 6.14. The van der Waals surface area contributed by atoms with Gasteiger partial charge in [-0.1, -0.05) is 29.5 Å². The van der Waals surface area contributed by atoms with Crippen LogP contribution in [0.3, 0.4) is 0 Å². The molecule has 2 aromatic carbocycles. The molecule has 0 spiro atoms. The van der Waals surface area contributed by atoms with Crippen LogP contribution < -0.4 is 5.73 Å². The fraction of sp³-hybridized carbons (Fsp3) is 0.300. The van der Waals surface area contributed by atoms with Gasteiger partial charge < -0.3 is 26.2 Å². The van der Waals surface area contributed by atoms with Gasteiger partial charge in [-0.2, -0.15) is 0 Å². The Morgan fingerprint density at radius 2 is 1.72 bits per heavy atom. The van der Waals surface area contributed by atoms with Gasteiger partial charge in [-0.3, -0.25) is 19.3 Å². The van der Waals surface area contributed by atoms with Gasteiger partial charge in [-0.15, -0.1) is 0 Å². The third kappa shape index (κ3) is 3.83. The van der Waals surface area contributed by atoms with E-state index in [-0.39, 0.29) is 29.7 Å². The highest BCUT2D eigenvalue weighted by Crippen LogP contribution is 2.52. The number of carbonyl (C=O) groups is 3. The van der Waals surface area contributed by atoms with E-state index in [0.717, 1.165) is 11.1 Å². The molecule has 5 rings (SSSR count). The molecule has 9 heteroatoms. The Kier molecular flexibility index (Phi) is 6.13. The molecule has 1 saturated carbocycles. The van der Waals surface area contributed by atoms with Crippen LogP contribution in [0.25, 0.3) is 5.76 Å². The molecular formula is C30H28N2O7. The van der Waals surface area contributed by atoms with Gasteiger partial charge in [0, 0.05) is 22.6 Å². The summed E-state index contributed by atoms with van der Waals surface area (Å²) in [6, 6.07) is 9.50. The Hall–Kier alpha value is -4.39. The van der Waals surface area contributed by atoms with Gasteiger partial charge >= 0.3 is 0 Å². The smallest absolute Gasteiger partial charge is 0.255 e. The summed E-state index contributed by atoms with van der Waals surface area (Å²) in [5.74, 6) is -0.639. The molecule has 39 heavy (non-hydrogen) atoms. The molecule has 0 saturated heterocycles. The number of benzene rings is 2. The van der Waals surface area contributed by atoms with E-state index < -0.39 is 58.0 Å². The zero-order chi connectivity index (χ0) is 28.4. The summed E-state index contributed by atoms with van der Waals surface area (Å²) < 4.78 is 0. The molecule has 0 aliphatic heterocycles. The standard InChI is InChI=1S/C30H28N2O7/c1-14-4-6-15(7-5-14)8-9-16-10-11-20(33)22-18(16)12-17-13-19-24(32(2)3)26(35)23(29(31)38)28(37)30(19,39)27(36)21(17)25(22)34/h4-7,10-11,17,19,24,33-34,37,39H,12-13H2,1-3H3,(H2,31,38)/t17-,19-,24-,30-/m1/s1. The minimum atomic E-state index is -2.66. The van der Waals surface area contributed by atoms with Gasteiger partial charge in [0.15, 0.2) is 11.4 Å². The summed E-state index contributed by atoms with van der Waals surface area (Å²) in [4.78, 5) is 40.6. The summed E-state index contributed by atoms with van der Waals surface area (Å²) in [7, 11) is 3.12. The quantitative estimate of drug-likeness (QED) is 0.291. The maximum absolute atomic E-state index is 13.9. The minimum Gasteiger partial charge on any atom is -0.508 e. The first-order valence-corrected chi connectivity index (χ1v) is 12.5. The highest BCUT2D eigenvalue weighted by molar-refractivity contribution is 6.24. The Morgan fingerprint density at radius 3 is 2.33 bits per heavy atom.